The van der Waals surface area contributed by atoms with Crippen LogP contribution in [0.5, 0.6) is 23.0 Å². The van der Waals surface area contributed by atoms with E-state index >= 15 is 0 Å². The van der Waals surface area contributed by atoms with Crippen LogP contribution in [0.1, 0.15) is 33.5 Å². The van der Waals surface area contributed by atoms with Crippen LogP contribution in [0.15, 0.2) is 65.8 Å². The van der Waals surface area contributed by atoms with Crippen molar-refractivity contribution in [3.8, 4) is 28.7 Å². The number of thioether (sulfide) groups is 1. The Morgan fingerprint density at radius 3 is 2.11 bits per heavy atom. The van der Waals surface area contributed by atoms with E-state index in [0.29, 0.717) is 56.5 Å². The van der Waals surface area contributed by atoms with Crippen molar-refractivity contribution < 1.29 is 38.1 Å². The molecule has 0 saturated carbocycles. The van der Waals surface area contributed by atoms with Gasteiger partial charge in [-0.3, -0.25) is 14.2 Å². The van der Waals surface area contributed by atoms with Crippen molar-refractivity contribution in [1.82, 2.24) is 20.1 Å². The quantitative estimate of drug-likeness (QED) is 0.152. The first kappa shape index (κ1) is 32.7. The summed E-state index contributed by atoms with van der Waals surface area (Å²) in [6, 6.07) is 16.5. The number of benzene rings is 3. The van der Waals surface area contributed by atoms with Crippen LogP contribution in [0.4, 0.5) is 5.69 Å². The number of hydrogen-bond acceptors (Lipinski definition) is 11. The number of carbonyl (C=O) groups is 3. The van der Waals surface area contributed by atoms with E-state index < -0.39 is 5.97 Å². The molecule has 14 heteroatoms. The summed E-state index contributed by atoms with van der Waals surface area (Å²) in [7, 11) is 6.07. The molecule has 0 aliphatic carbocycles. The molecule has 236 valence electrons. The molecule has 0 fully saturated rings. The van der Waals surface area contributed by atoms with Crippen LogP contribution >= 0.6 is 11.8 Å². The molecule has 1 heterocycles. The molecule has 0 radical (unpaired) electrons. The zero-order chi connectivity index (χ0) is 32.3. The number of carbonyl (C=O) groups excluding carboxylic acids is 3. The highest BCUT2D eigenvalue weighted by Gasteiger charge is 2.21. The van der Waals surface area contributed by atoms with Gasteiger partial charge in [-0.2, -0.15) is 0 Å². The van der Waals surface area contributed by atoms with Gasteiger partial charge >= 0.3 is 5.97 Å². The number of amides is 2. The van der Waals surface area contributed by atoms with E-state index in [1.54, 1.807) is 79.3 Å². The zero-order valence-electron chi connectivity index (χ0n) is 25.4. The second-order valence-electron chi connectivity index (χ2n) is 9.19. The molecular formula is C31H33N5O8S. The maximum atomic E-state index is 13.1. The number of nitrogens with one attached hydrogen (secondary N) is 2. The minimum absolute atomic E-state index is 0.00864. The normalized spacial score (nSPS) is 10.5. The molecule has 2 amide bonds. The second kappa shape index (κ2) is 15.5. The summed E-state index contributed by atoms with van der Waals surface area (Å²) in [5.41, 5.74) is 1.78. The summed E-state index contributed by atoms with van der Waals surface area (Å²) in [5.74, 6) is 1.22. The lowest BCUT2D eigenvalue weighted by molar-refractivity contribution is -0.113. The minimum atomic E-state index is -0.437. The highest BCUT2D eigenvalue weighted by atomic mass is 32.2. The van der Waals surface area contributed by atoms with Crippen LogP contribution < -0.4 is 29.6 Å². The highest BCUT2D eigenvalue weighted by Crippen LogP contribution is 2.32. The molecule has 0 aliphatic rings. The van der Waals surface area contributed by atoms with E-state index in [9.17, 15) is 14.4 Å². The third kappa shape index (κ3) is 8.23. The summed E-state index contributed by atoms with van der Waals surface area (Å²) in [4.78, 5) is 37.9. The van der Waals surface area contributed by atoms with Gasteiger partial charge in [-0.15, -0.1) is 10.2 Å². The Bertz CT molecular complexity index is 1640. The van der Waals surface area contributed by atoms with Crippen molar-refractivity contribution in [2.75, 3.05) is 46.1 Å². The topological polar surface area (TPSA) is 152 Å². The van der Waals surface area contributed by atoms with Crippen LogP contribution in [0.3, 0.4) is 0 Å². The van der Waals surface area contributed by atoms with E-state index in [1.807, 2.05) is 0 Å². The molecule has 13 nitrogen and oxygen atoms in total. The smallest absolute Gasteiger partial charge is 0.338 e. The van der Waals surface area contributed by atoms with Gasteiger partial charge in [0.1, 0.15) is 23.0 Å². The van der Waals surface area contributed by atoms with Crippen molar-refractivity contribution in [1.29, 1.82) is 0 Å². The number of rotatable bonds is 14. The largest absolute Gasteiger partial charge is 0.497 e. The molecule has 0 spiro atoms. The first-order valence-electron chi connectivity index (χ1n) is 13.7. The molecule has 4 aromatic rings. The van der Waals surface area contributed by atoms with Gasteiger partial charge in [0.05, 0.1) is 58.6 Å². The Morgan fingerprint density at radius 1 is 0.800 bits per heavy atom. The van der Waals surface area contributed by atoms with E-state index in [0.717, 1.165) is 11.8 Å². The van der Waals surface area contributed by atoms with Crippen LogP contribution in [-0.4, -0.2) is 73.3 Å². The minimum Gasteiger partial charge on any atom is -0.497 e. The van der Waals surface area contributed by atoms with E-state index in [-0.39, 0.29) is 30.7 Å². The Morgan fingerprint density at radius 2 is 1.49 bits per heavy atom. The van der Waals surface area contributed by atoms with Gasteiger partial charge in [0.15, 0.2) is 11.0 Å². The Hall–Kier alpha value is -5.24. The van der Waals surface area contributed by atoms with Crippen molar-refractivity contribution in [3.63, 3.8) is 0 Å². The van der Waals surface area contributed by atoms with Gasteiger partial charge in [0.25, 0.3) is 5.91 Å². The van der Waals surface area contributed by atoms with Crippen LogP contribution in [0.2, 0.25) is 0 Å². The number of esters is 1. The number of methoxy groups -OCH3 is 4. The number of hydrogen-bond donors (Lipinski definition) is 2. The lowest BCUT2D eigenvalue weighted by atomic mass is 10.2. The van der Waals surface area contributed by atoms with E-state index in [1.165, 1.54) is 21.3 Å². The number of ether oxygens (including phenoxy) is 5. The molecular weight excluding hydrogens is 602 g/mol. The highest BCUT2D eigenvalue weighted by molar-refractivity contribution is 7.99. The van der Waals surface area contributed by atoms with Crippen molar-refractivity contribution >= 4 is 35.2 Å². The fourth-order valence-corrected chi connectivity index (χ4v) is 4.92. The van der Waals surface area contributed by atoms with Gasteiger partial charge in [0.2, 0.25) is 5.91 Å². The molecule has 0 unspecified atom stereocenters. The molecule has 4 rings (SSSR count). The first-order valence-corrected chi connectivity index (χ1v) is 14.7. The summed E-state index contributed by atoms with van der Waals surface area (Å²) >= 11 is 1.14. The van der Waals surface area contributed by atoms with Gasteiger partial charge in [-0.25, -0.2) is 4.79 Å². The lowest BCUT2D eigenvalue weighted by Crippen LogP contribution is -2.25. The van der Waals surface area contributed by atoms with Crippen LogP contribution in [-0.2, 0) is 16.1 Å². The predicted octanol–water partition coefficient (Wildman–Crippen LogP) is 4.14. The third-order valence-electron chi connectivity index (χ3n) is 6.36. The SMILES string of the molecule is CCOC(=O)c1ccc(NC(=O)CSc2nnc(CNC(=O)c3cc(OC)cc(OC)c3)n2-c2cc(OC)ccc2OC)cc1. The number of nitrogens with zero attached hydrogens (tertiary/aromatic N) is 3. The standard InChI is InChI=1S/C31H33N5O8S/c1-6-44-30(39)19-7-9-21(10-8-19)33-28(37)18-45-31-35-34-27(36(31)25-16-22(40-2)11-12-26(25)43-5)17-32-29(38)20-13-23(41-3)15-24(14-20)42-4/h7-16H,6,17-18H2,1-5H3,(H,32,38)(H,33,37). The lowest BCUT2D eigenvalue weighted by Gasteiger charge is -2.15. The molecule has 0 atom stereocenters. The molecule has 0 saturated heterocycles. The molecule has 1 aromatic heterocycles. The van der Waals surface area contributed by atoms with Crippen LogP contribution in [0.25, 0.3) is 5.69 Å². The van der Waals surface area contributed by atoms with Gasteiger partial charge < -0.3 is 34.3 Å². The molecule has 0 aliphatic heterocycles. The summed E-state index contributed by atoms with van der Waals surface area (Å²) in [5, 5.41) is 14.7. The average Bonchev–Trinajstić information content (AvgIpc) is 3.48. The second-order valence-corrected chi connectivity index (χ2v) is 10.1. The number of aromatic nitrogens is 3. The van der Waals surface area contributed by atoms with Gasteiger partial charge in [0, 0.05) is 23.4 Å². The molecule has 2 N–H and O–H groups in total. The maximum absolute atomic E-state index is 13.1. The summed E-state index contributed by atoms with van der Waals surface area (Å²) in [6.07, 6.45) is 0. The average molecular weight is 636 g/mol. The van der Waals surface area contributed by atoms with E-state index in [2.05, 4.69) is 20.8 Å². The summed E-state index contributed by atoms with van der Waals surface area (Å²) < 4.78 is 28.3. The van der Waals surface area contributed by atoms with Crippen LogP contribution in [0, 0.1) is 0 Å². The zero-order valence-corrected chi connectivity index (χ0v) is 26.2. The Labute approximate surface area is 264 Å². The summed E-state index contributed by atoms with van der Waals surface area (Å²) in [6.45, 7) is 1.99. The third-order valence-corrected chi connectivity index (χ3v) is 7.29. The predicted molar refractivity (Wildman–Crippen MR) is 167 cm³/mol. The maximum Gasteiger partial charge on any atom is 0.338 e. The van der Waals surface area contributed by atoms with Crippen molar-refractivity contribution in [2.24, 2.45) is 0 Å². The monoisotopic (exact) mass is 635 g/mol. The fraction of sp³-hybridized carbons (Fsp3) is 0.258. The fourth-order valence-electron chi connectivity index (χ4n) is 4.15. The van der Waals surface area contributed by atoms with Crippen molar-refractivity contribution in [2.45, 2.75) is 18.6 Å². The molecule has 3 aromatic carbocycles. The molecule has 45 heavy (non-hydrogen) atoms. The van der Waals surface area contributed by atoms with E-state index in [4.69, 9.17) is 23.7 Å². The van der Waals surface area contributed by atoms with Crippen molar-refractivity contribution in [3.05, 3.63) is 77.6 Å². The number of anilines is 1. The Kier molecular flexibility index (Phi) is 11.2. The first-order chi connectivity index (χ1) is 21.8. The van der Waals surface area contributed by atoms with Gasteiger partial charge in [-0.1, -0.05) is 11.8 Å². The molecule has 0 bridgehead atoms. The van der Waals surface area contributed by atoms with Gasteiger partial charge in [-0.05, 0) is 55.5 Å². The Balaban J connectivity index is 1.55.